The van der Waals surface area contributed by atoms with Gasteiger partial charge in [0.25, 0.3) is 0 Å². The van der Waals surface area contributed by atoms with Gasteiger partial charge in [-0.1, -0.05) is 6.07 Å². The Bertz CT molecular complexity index is 535. The van der Waals surface area contributed by atoms with Gasteiger partial charge in [-0.25, -0.2) is 0 Å². The lowest BCUT2D eigenvalue weighted by Crippen LogP contribution is -2.56. The van der Waals surface area contributed by atoms with Gasteiger partial charge < -0.3 is 16.4 Å². The van der Waals surface area contributed by atoms with Gasteiger partial charge in [-0.3, -0.25) is 19.7 Å². The highest BCUT2D eigenvalue weighted by Gasteiger charge is 2.27. The van der Waals surface area contributed by atoms with E-state index >= 15 is 0 Å². The third-order valence-corrected chi connectivity index (χ3v) is 4.89. The molecule has 1 aromatic rings. The maximum absolute atomic E-state index is 11.9. The molecule has 2 rings (SSSR count). The van der Waals surface area contributed by atoms with Crippen molar-refractivity contribution in [3.05, 3.63) is 22.4 Å². The Hall–Kier alpha value is -1.58. The highest BCUT2D eigenvalue weighted by Crippen LogP contribution is 2.14. The van der Waals surface area contributed by atoms with Crippen molar-refractivity contribution in [2.75, 3.05) is 5.75 Å². The molecule has 0 aromatic carbocycles. The van der Waals surface area contributed by atoms with Crippen molar-refractivity contribution in [1.29, 1.82) is 0 Å². The number of carbonyl (C=O) groups excluding carboxylic acids is 3. The first kappa shape index (κ1) is 16.8. The van der Waals surface area contributed by atoms with E-state index < -0.39 is 11.4 Å². The van der Waals surface area contributed by atoms with Gasteiger partial charge in [0.2, 0.25) is 17.7 Å². The van der Waals surface area contributed by atoms with E-state index in [1.54, 1.807) is 11.3 Å². The van der Waals surface area contributed by atoms with Crippen LogP contribution in [-0.4, -0.2) is 35.0 Å². The average Bonchev–Trinajstić information content (AvgIpc) is 2.95. The van der Waals surface area contributed by atoms with Gasteiger partial charge in [-0.05, 0) is 11.4 Å². The van der Waals surface area contributed by atoms with Crippen LogP contribution in [0.4, 0.5) is 0 Å². The molecule has 0 radical (unpaired) electrons. The van der Waals surface area contributed by atoms with Gasteiger partial charge in [0.15, 0.2) is 0 Å². The first-order valence-corrected chi connectivity index (χ1v) is 8.70. The number of thiophene rings is 1. The maximum Gasteiger partial charge on any atom is 0.227 e. The van der Waals surface area contributed by atoms with Crippen molar-refractivity contribution < 1.29 is 14.4 Å². The van der Waals surface area contributed by atoms with Crippen LogP contribution in [0, 0.1) is 0 Å². The summed E-state index contributed by atoms with van der Waals surface area (Å²) in [5, 5.41) is 10.6. The predicted molar refractivity (Wildman–Crippen MR) is 85.9 cm³/mol. The van der Waals surface area contributed by atoms with E-state index in [9.17, 15) is 14.4 Å². The summed E-state index contributed by atoms with van der Waals surface area (Å²) in [6.07, 6.45) is 0.451. The first-order chi connectivity index (χ1) is 10.5. The molecule has 120 valence electrons. The van der Waals surface area contributed by atoms with E-state index in [4.69, 9.17) is 5.73 Å². The number of primary amides is 1. The number of hydrogen-bond acceptors (Lipinski definition) is 6. The van der Waals surface area contributed by atoms with Crippen molar-refractivity contribution in [1.82, 2.24) is 16.0 Å². The Labute approximate surface area is 136 Å². The summed E-state index contributed by atoms with van der Waals surface area (Å²) < 4.78 is 0. The van der Waals surface area contributed by atoms with Gasteiger partial charge in [0, 0.05) is 23.8 Å². The lowest BCUT2D eigenvalue weighted by Gasteiger charge is -2.30. The number of amides is 3. The molecule has 1 aliphatic heterocycles. The van der Waals surface area contributed by atoms with Crippen molar-refractivity contribution in [3.63, 3.8) is 0 Å². The number of thioether (sulfide) groups is 1. The minimum Gasteiger partial charge on any atom is -0.369 e. The van der Waals surface area contributed by atoms with E-state index in [-0.39, 0.29) is 36.5 Å². The Morgan fingerprint density at radius 3 is 3.00 bits per heavy atom. The molecule has 3 amide bonds. The predicted octanol–water partition coefficient (Wildman–Crippen LogP) is -0.265. The molecule has 0 aliphatic carbocycles. The van der Waals surface area contributed by atoms with E-state index in [0.29, 0.717) is 6.54 Å². The zero-order chi connectivity index (χ0) is 15.9. The minimum atomic E-state index is -0.447. The summed E-state index contributed by atoms with van der Waals surface area (Å²) in [6, 6.07) is 3.63. The van der Waals surface area contributed by atoms with E-state index in [2.05, 4.69) is 16.0 Å². The van der Waals surface area contributed by atoms with Gasteiger partial charge in [0.1, 0.15) is 5.50 Å². The van der Waals surface area contributed by atoms with Crippen molar-refractivity contribution in [2.45, 2.75) is 30.9 Å². The summed E-state index contributed by atoms with van der Waals surface area (Å²) in [5.41, 5.74) is 4.68. The Morgan fingerprint density at radius 2 is 2.32 bits per heavy atom. The molecule has 0 saturated carbocycles. The second-order valence-corrected chi connectivity index (χ2v) is 6.98. The molecule has 0 spiro atoms. The van der Waals surface area contributed by atoms with E-state index in [1.165, 1.54) is 11.8 Å². The summed E-state index contributed by atoms with van der Waals surface area (Å²) in [7, 11) is 0. The SMILES string of the molecule is NC(=O)CSC1NC(=O)CC(CC(=O)NCc2cccs2)N1. The number of nitrogens with two attached hydrogens (primary N) is 1. The standard InChI is InChI=1S/C13H18N4O3S2/c14-10(18)7-22-13-16-8(5-12(20)17-13)4-11(19)15-6-9-2-1-3-21-9/h1-3,8,13,16H,4-7H2,(H2,14,18)(H,15,19)(H,17,20). The number of rotatable bonds is 7. The van der Waals surface area contributed by atoms with Crippen molar-refractivity contribution in [2.24, 2.45) is 5.73 Å². The van der Waals surface area contributed by atoms with E-state index in [1.807, 2.05) is 17.5 Å². The fraction of sp³-hybridized carbons (Fsp3) is 0.462. The third kappa shape index (κ3) is 5.66. The van der Waals surface area contributed by atoms with Crippen LogP contribution in [-0.2, 0) is 20.9 Å². The lowest BCUT2D eigenvalue weighted by molar-refractivity contribution is -0.125. The normalized spacial score (nSPS) is 21.2. The minimum absolute atomic E-state index is 0.106. The zero-order valence-corrected chi connectivity index (χ0v) is 13.5. The van der Waals surface area contributed by atoms with Crippen molar-refractivity contribution in [3.8, 4) is 0 Å². The average molecular weight is 342 g/mol. The van der Waals surface area contributed by atoms with Crippen LogP contribution in [0.25, 0.3) is 0 Å². The molecule has 0 bridgehead atoms. The van der Waals surface area contributed by atoms with Crippen LogP contribution in [0.3, 0.4) is 0 Å². The van der Waals surface area contributed by atoms with Crippen LogP contribution < -0.4 is 21.7 Å². The Balaban J connectivity index is 1.76. The lowest BCUT2D eigenvalue weighted by atomic mass is 10.1. The highest BCUT2D eigenvalue weighted by atomic mass is 32.2. The van der Waals surface area contributed by atoms with Gasteiger partial charge in [0.05, 0.1) is 12.3 Å². The smallest absolute Gasteiger partial charge is 0.227 e. The van der Waals surface area contributed by atoms with Crippen LogP contribution >= 0.6 is 23.1 Å². The zero-order valence-electron chi connectivity index (χ0n) is 11.8. The fourth-order valence-corrected chi connectivity index (χ4v) is 3.50. The number of hydrogen-bond donors (Lipinski definition) is 4. The van der Waals surface area contributed by atoms with Gasteiger partial charge in [-0.15, -0.1) is 23.1 Å². The van der Waals surface area contributed by atoms with Crippen LogP contribution in [0.1, 0.15) is 17.7 Å². The van der Waals surface area contributed by atoms with Crippen molar-refractivity contribution >= 4 is 40.8 Å². The maximum atomic E-state index is 11.9. The van der Waals surface area contributed by atoms with Gasteiger partial charge >= 0.3 is 0 Å². The largest absolute Gasteiger partial charge is 0.369 e. The van der Waals surface area contributed by atoms with Gasteiger partial charge in [-0.2, -0.15) is 0 Å². The summed E-state index contributed by atoms with van der Waals surface area (Å²) in [4.78, 5) is 35.4. The molecule has 2 unspecified atom stereocenters. The molecular weight excluding hydrogens is 324 g/mol. The summed E-state index contributed by atoms with van der Waals surface area (Å²) in [6.45, 7) is 0.495. The highest BCUT2D eigenvalue weighted by molar-refractivity contribution is 8.00. The quantitative estimate of drug-likeness (QED) is 0.545. The van der Waals surface area contributed by atoms with Crippen LogP contribution in [0.5, 0.6) is 0 Å². The second kappa shape index (κ2) is 8.16. The molecule has 2 heterocycles. The summed E-state index contributed by atoms with van der Waals surface area (Å²) in [5.74, 6) is -0.595. The third-order valence-electron chi connectivity index (χ3n) is 2.97. The topological polar surface area (TPSA) is 113 Å². The molecule has 1 aromatic heterocycles. The molecule has 5 N–H and O–H groups in total. The molecule has 1 aliphatic rings. The Kier molecular flexibility index (Phi) is 6.22. The summed E-state index contributed by atoms with van der Waals surface area (Å²) >= 11 is 2.78. The molecule has 9 heteroatoms. The molecular formula is C13H18N4O3S2. The fourth-order valence-electron chi connectivity index (χ4n) is 2.02. The van der Waals surface area contributed by atoms with E-state index in [0.717, 1.165) is 4.88 Å². The Morgan fingerprint density at radius 1 is 1.50 bits per heavy atom. The molecule has 1 saturated heterocycles. The van der Waals surface area contributed by atoms with Crippen LogP contribution in [0.15, 0.2) is 17.5 Å². The number of nitrogens with one attached hydrogen (secondary N) is 3. The molecule has 7 nitrogen and oxygen atoms in total. The molecule has 1 fully saturated rings. The molecule has 22 heavy (non-hydrogen) atoms. The van der Waals surface area contributed by atoms with Crippen LogP contribution in [0.2, 0.25) is 0 Å². The number of carbonyl (C=O) groups is 3. The first-order valence-electron chi connectivity index (χ1n) is 6.77. The molecule has 2 atom stereocenters. The second-order valence-electron chi connectivity index (χ2n) is 4.85. The monoisotopic (exact) mass is 342 g/mol.